The molecule has 1 aliphatic rings. The maximum absolute atomic E-state index is 12.5. The SMILES string of the molecule is C[C@H](Sc1ccc(Cl)cc1)C(=O)N[C@H]1CCCc2ccccc21. The Morgan fingerprint density at radius 1 is 1.22 bits per heavy atom. The molecule has 0 unspecified atom stereocenters. The zero-order valence-corrected chi connectivity index (χ0v) is 14.7. The highest BCUT2D eigenvalue weighted by Gasteiger charge is 2.23. The Labute approximate surface area is 146 Å². The first kappa shape index (κ1) is 16.4. The van der Waals surface area contributed by atoms with Gasteiger partial charge in [-0.15, -0.1) is 11.8 Å². The van der Waals surface area contributed by atoms with E-state index in [0.717, 1.165) is 24.2 Å². The summed E-state index contributed by atoms with van der Waals surface area (Å²) in [6.45, 7) is 1.95. The first-order valence-corrected chi connectivity index (χ1v) is 9.19. The number of hydrogen-bond acceptors (Lipinski definition) is 2. The van der Waals surface area contributed by atoms with Gasteiger partial charge in [-0.05, 0) is 61.6 Å². The maximum Gasteiger partial charge on any atom is 0.233 e. The molecular formula is C19H20ClNOS. The largest absolute Gasteiger partial charge is 0.348 e. The minimum absolute atomic E-state index is 0.0895. The van der Waals surface area contributed by atoms with E-state index >= 15 is 0 Å². The van der Waals surface area contributed by atoms with E-state index in [-0.39, 0.29) is 17.2 Å². The summed E-state index contributed by atoms with van der Waals surface area (Å²) in [6.07, 6.45) is 3.25. The molecular weight excluding hydrogens is 326 g/mol. The van der Waals surface area contributed by atoms with E-state index in [1.165, 1.54) is 11.1 Å². The molecule has 23 heavy (non-hydrogen) atoms. The smallest absolute Gasteiger partial charge is 0.233 e. The first-order valence-electron chi connectivity index (χ1n) is 7.94. The third kappa shape index (κ3) is 4.10. The Balaban J connectivity index is 1.64. The highest BCUT2D eigenvalue weighted by atomic mass is 35.5. The highest BCUT2D eigenvalue weighted by Crippen LogP contribution is 2.30. The van der Waals surface area contributed by atoms with Crippen LogP contribution in [0.4, 0.5) is 0 Å². The lowest BCUT2D eigenvalue weighted by molar-refractivity contribution is -0.121. The van der Waals surface area contributed by atoms with Crippen LogP contribution >= 0.6 is 23.4 Å². The van der Waals surface area contributed by atoms with Gasteiger partial charge < -0.3 is 5.32 Å². The average molecular weight is 346 g/mol. The molecule has 0 saturated carbocycles. The molecule has 0 aromatic heterocycles. The van der Waals surface area contributed by atoms with Gasteiger partial charge in [0, 0.05) is 9.92 Å². The monoisotopic (exact) mass is 345 g/mol. The van der Waals surface area contributed by atoms with Gasteiger partial charge in [-0.25, -0.2) is 0 Å². The fraction of sp³-hybridized carbons (Fsp3) is 0.316. The Morgan fingerprint density at radius 2 is 1.96 bits per heavy atom. The zero-order chi connectivity index (χ0) is 16.2. The Kier molecular flexibility index (Phi) is 5.29. The lowest BCUT2D eigenvalue weighted by Gasteiger charge is -2.27. The van der Waals surface area contributed by atoms with Crippen LogP contribution < -0.4 is 5.32 Å². The summed E-state index contributed by atoms with van der Waals surface area (Å²) in [7, 11) is 0. The summed E-state index contributed by atoms with van der Waals surface area (Å²) in [5.41, 5.74) is 2.64. The summed E-state index contributed by atoms with van der Waals surface area (Å²) in [5.74, 6) is 0.0895. The first-order chi connectivity index (χ1) is 11.1. The Hall–Kier alpha value is -1.45. The third-order valence-corrected chi connectivity index (χ3v) is 5.55. The van der Waals surface area contributed by atoms with Crippen molar-refractivity contribution in [3.8, 4) is 0 Å². The number of carbonyl (C=O) groups is 1. The van der Waals surface area contributed by atoms with Crippen molar-refractivity contribution in [2.75, 3.05) is 0 Å². The van der Waals surface area contributed by atoms with E-state index in [1.807, 2.05) is 31.2 Å². The number of thioether (sulfide) groups is 1. The summed E-state index contributed by atoms with van der Waals surface area (Å²) >= 11 is 7.46. The van der Waals surface area contributed by atoms with Crippen LogP contribution in [0.5, 0.6) is 0 Å². The van der Waals surface area contributed by atoms with Gasteiger partial charge in [-0.3, -0.25) is 4.79 Å². The van der Waals surface area contributed by atoms with Crippen molar-refractivity contribution in [3.63, 3.8) is 0 Å². The molecule has 2 aromatic carbocycles. The molecule has 0 bridgehead atoms. The molecule has 1 N–H and O–H groups in total. The number of halogens is 1. The van der Waals surface area contributed by atoms with E-state index < -0.39 is 0 Å². The molecule has 1 amide bonds. The molecule has 4 heteroatoms. The second-order valence-corrected chi connectivity index (χ2v) is 7.72. The van der Waals surface area contributed by atoms with Crippen LogP contribution in [-0.2, 0) is 11.2 Å². The molecule has 2 atom stereocenters. The van der Waals surface area contributed by atoms with Crippen LogP contribution in [0.15, 0.2) is 53.4 Å². The standard InChI is InChI=1S/C19H20ClNOS/c1-13(23-16-11-9-15(20)10-12-16)19(22)21-18-8-4-6-14-5-2-3-7-17(14)18/h2-3,5,7,9-13,18H,4,6,8H2,1H3,(H,21,22)/t13-,18-/m0/s1. The summed E-state index contributed by atoms with van der Waals surface area (Å²) in [5, 5.41) is 3.80. The number of hydrogen-bond donors (Lipinski definition) is 1. The maximum atomic E-state index is 12.5. The van der Waals surface area contributed by atoms with Crippen molar-refractivity contribution in [3.05, 3.63) is 64.7 Å². The molecule has 120 valence electrons. The van der Waals surface area contributed by atoms with Crippen molar-refractivity contribution in [2.24, 2.45) is 0 Å². The van der Waals surface area contributed by atoms with Gasteiger partial charge in [-0.1, -0.05) is 35.9 Å². The van der Waals surface area contributed by atoms with Gasteiger partial charge in [0.05, 0.1) is 11.3 Å². The van der Waals surface area contributed by atoms with Crippen LogP contribution in [0.1, 0.15) is 36.9 Å². The second-order valence-electron chi connectivity index (χ2n) is 5.87. The van der Waals surface area contributed by atoms with Gasteiger partial charge in [-0.2, -0.15) is 0 Å². The van der Waals surface area contributed by atoms with Gasteiger partial charge in [0.15, 0.2) is 0 Å². The van der Waals surface area contributed by atoms with E-state index in [9.17, 15) is 4.79 Å². The molecule has 0 saturated heterocycles. The molecule has 2 nitrogen and oxygen atoms in total. The fourth-order valence-corrected chi connectivity index (χ4v) is 3.97. The molecule has 2 aromatic rings. The van der Waals surface area contributed by atoms with Gasteiger partial charge >= 0.3 is 0 Å². The molecule has 0 fully saturated rings. The van der Waals surface area contributed by atoms with Crippen LogP contribution in [-0.4, -0.2) is 11.2 Å². The molecule has 0 radical (unpaired) electrons. The topological polar surface area (TPSA) is 29.1 Å². The lowest BCUT2D eigenvalue weighted by atomic mass is 9.88. The number of amides is 1. The molecule has 3 rings (SSSR count). The Morgan fingerprint density at radius 3 is 2.74 bits per heavy atom. The molecule has 0 aliphatic heterocycles. The van der Waals surface area contributed by atoms with Crippen LogP contribution in [0.2, 0.25) is 5.02 Å². The number of fused-ring (bicyclic) bond motifs is 1. The number of rotatable bonds is 4. The fourth-order valence-electron chi connectivity index (χ4n) is 2.96. The quantitative estimate of drug-likeness (QED) is 0.789. The molecule has 0 spiro atoms. The number of benzene rings is 2. The minimum Gasteiger partial charge on any atom is -0.348 e. The predicted octanol–water partition coefficient (Wildman–Crippen LogP) is 5.01. The van der Waals surface area contributed by atoms with Crippen molar-refractivity contribution in [2.45, 2.75) is 42.4 Å². The van der Waals surface area contributed by atoms with E-state index in [1.54, 1.807) is 11.8 Å². The summed E-state index contributed by atoms with van der Waals surface area (Å²) in [6, 6.07) is 16.2. The van der Waals surface area contributed by atoms with E-state index in [0.29, 0.717) is 5.02 Å². The van der Waals surface area contributed by atoms with Crippen LogP contribution in [0.25, 0.3) is 0 Å². The van der Waals surface area contributed by atoms with Crippen molar-refractivity contribution in [1.82, 2.24) is 5.32 Å². The van der Waals surface area contributed by atoms with E-state index in [2.05, 4.69) is 29.6 Å². The lowest BCUT2D eigenvalue weighted by Crippen LogP contribution is -2.35. The number of aryl methyl sites for hydroxylation is 1. The summed E-state index contributed by atoms with van der Waals surface area (Å²) < 4.78 is 0. The zero-order valence-electron chi connectivity index (χ0n) is 13.1. The summed E-state index contributed by atoms with van der Waals surface area (Å²) in [4.78, 5) is 13.6. The number of carbonyl (C=O) groups excluding carboxylic acids is 1. The predicted molar refractivity (Wildman–Crippen MR) is 97.0 cm³/mol. The van der Waals surface area contributed by atoms with Crippen molar-refractivity contribution in [1.29, 1.82) is 0 Å². The van der Waals surface area contributed by atoms with Gasteiger partial charge in [0.25, 0.3) is 0 Å². The Bertz CT molecular complexity index is 686. The van der Waals surface area contributed by atoms with Crippen LogP contribution in [0.3, 0.4) is 0 Å². The van der Waals surface area contributed by atoms with Gasteiger partial charge in [0.1, 0.15) is 0 Å². The van der Waals surface area contributed by atoms with Crippen molar-refractivity contribution >= 4 is 29.3 Å². The minimum atomic E-state index is -0.134. The molecule has 1 aliphatic carbocycles. The second kappa shape index (κ2) is 7.41. The van der Waals surface area contributed by atoms with Crippen molar-refractivity contribution < 1.29 is 4.79 Å². The average Bonchev–Trinajstić information content (AvgIpc) is 2.57. The highest BCUT2D eigenvalue weighted by molar-refractivity contribution is 8.00. The molecule has 0 heterocycles. The third-order valence-electron chi connectivity index (χ3n) is 4.18. The van der Waals surface area contributed by atoms with Gasteiger partial charge in [0.2, 0.25) is 5.91 Å². The number of nitrogens with one attached hydrogen (secondary N) is 1. The van der Waals surface area contributed by atoms with Crippen LogP contribution in [0, 0.1) is 0 Å². The van der Waals surface area contributed by atoms with E-state index in [4.69, 9.17) is 11.6 Å². The normalized spacial score (nSPS) is 18.1.